The van der Waals surface area contributed by atoms with Crippen LogP contribution in [-0.4, -0.2) is 28.7 Å². The van der Waals surface area contributed by atoms with Gasteiger partial charge >= 0.3 is 0 Å². The smallest absolute Gasteiger partial charge is 0.247 e. The maximum atomic E-state index is 12.5. The average molecular weight is 389 g/mol. The lowest BCUT2D eigenvalue weighted by Gasteiger charge is -2.14. The van der Waals surface area contributed by atoms with E-state index in [0.29, 0.717) is 22.2 Å². The van der Waals surface area contributed by atoms with E-state index in [1.165, 1.54) is 16.7 Å². The summed E-state index contributed by atoms with van der Waals surface area (Å²) in [6.45, 7) is 0. The number of nitrogens with one attached hydrogen (secondary N) is 1. The molecule has 1 heterocycles. The van der Waals surface area contributed by atoms with Crippen LogP contribution in [0, 0.1) is 0 Å². The molecule has 1 fully saturated rings. The first-order chi connectivity index (χ1) is 12.5. The summed E-state index contributed by atoms with van der Waals surface area (Å²) in [7, 11) is 0. The van der Waals surface area contributed by atoms with Crippen LogP contribution in [-0.2, 0) is 14.4 Å². The fourth-order valence-electron chi connectivity index (χ4n) is 2.63. The lowest BCUT2D eigenvalue weighted by atomic mass is 10.3. The molecule has 1 N–H and O–H groups in total. The molecule has 0 aliphatic carbocycles. The lowest BCUT2D eigenvalue weighted by Crippen LogP contribution is -2.31. The molecule has 2 aromatic rings. The van der Waals surface area contributed by atoms with Crippen molar-refractivity contribution < 1.29 is 14.4 Å². The molecule has 0 spiro atoms. The van der Waals surface area contributed by atoms with Crippen molar-refractivity contribution in [2.24, 2.45) is 0 Å². The van der Waals surface area contributed by atoms with Gasteiger partial charge in [-0.05, 0) is 36.4 Å². The molecule has 0 aromatic heterocycles. The first kappa shape index (κ1) is 18.5. The Labute approximate surface area is 160 Å². The first-order valence-corrected chi connectivity index (χ1v) is 9.56. The highest BCUT2D eigenvalue weighted by Crippen LogP contribution is 2.29. The van der Waals surface area contributed by atoms with E-state index in [1.807, 2.05) is 6.07 Å². The van der Waals surface area contributed by atoms with Crippen LogP contribution in [0.1, 0.15) is 12.8 Å². The van der Waals surface area contributed by atoms with Crippen molar-refractivity contribution in [3.63, 3.8) is 0 Å². The number of thioether (sulfide) groups is 1. The number of hydrogen-bond acceptors (Lipinski definition) is 4. The minimum Gasteiger partial charge on any atom is -0.326 e. The van der Waals surface area contributed by atoms with Crippen molar-refractivity contribution in [1.82, 2.24) is 0 Å². The fourth-order valence-corrected chi connectivity index (χ4v) is 3.86. The minimum atomic E-state index is -0.439. The topological polar surface area (TPSA) is 66.5 Å². The fraction of sp³-hybridized carbons (Fsp3) is 0.211. The van der Waals surface area contributed by atoms with Crippen molar-refractivity contribution in [3.8, 4) is 0 Å². The van der Waals surface area contributed by atoms with Crippen molar-refractivity contribution in [1.29, 1.82) is 0 Å². The van der Waals surface area contributed by atoms with Gasteiger partial charge in [0.15, 0.2) is 0 Å². The number of rotatable bonds is 6. The van der Waals surface area contributed by atoms with Gasteiger partial charge in [-0.1, -0.05) is 29.8 Å². The van der Waals surface area contributed by atoms with Crippen LogP contribution >= 0.6 is 23.4 Å². The molecule has 0 saturated carbocycles. The normalized spacial score (nSPS) is 16.8. The Morgan fingerprint density at radius 2 is 1.81 bits per heavy atom. The standard InChI is InChI=1S/C19H17ClN2O3S/c20-13-6-8-14(9-7-13)21-17(23)10-11-26-16-12-18(24)22(19(16)25)15-4-2-1-3-5-15/h1-9,16H,10-12H2,(H,21,23)/t16-/m1/s1. The maximum Gasteiger partial charge on any atom is 0.247 e. The van der Waals surface area contributed by atoms with Gasteiger partial charge in [0, 0.05) is 29.3 Å². The molecule has 5 nitrogen and oxygen atoms in total. The Bertz CT molecular complexity index is 811. The summed E-state index contributed by atoms with van der Waals surface area (Å²) in [5.41, 5.74) is 1.26. The zero-order valence-corrected chi connectivity index (χ0v) is 15.4. The van der Waals surface area contributed by atoms with Crippen molar-refractivity contribution in [3.05, 3.63) is 59.6 Å². The molecule has 0 unspecified atom stereocenters. The second kappa shape index (κ2) is 8.38. The third-order valence-electron chi connectivity index (χ3n) is 3.90. The molecule has 3 rings (SSSR count). The minimum absolute atomic E-state index is 0.142. The van der Waals surface area contributed by atoms with Gasteiger partial charge in [-0.25, -0.2) is 4.90 Å². The van der Waals surface area contributed by atoms with Crippen LogP contribution < -0.4 is 10.2 Å². The van der Waals surface area contributed by atoms with Crippen LogP contribution in [0.3, 0.4) is 0 Å². The van der Waals surface area contributed by atoms with Crippen molar-refractivity contribution in [2.45, 2.75) is 18.1 Å². The Kier molecular flexibility index (Phi) is 5.96. The Morgan fingerprint density at radius 1 is 1.12 bits per heavy atom. The number of nitrogens with zero attached hydrogens (tertiary/aromatic N) is 1. The van der Waals surface area contributed by atoms with Gasteiger partial charge in [-0.2, -0.15) is 0 Å². The number of anilines is 2. The predicted molar refractivity (Wildman–Crippen MR) is 104 cm³/mol. The number of hydrogen-bond donors (Lipinski definition) is 1. The van der Waals surface area contributed by atoms with Crippen molar-refractivity contribution >= 4 is 52.5 Å². The van der Waals surface area contributed by atoms with Crippen LogP contribution in [0.4, 0.5) is 11.4 Å². The summed E-state index contributed by atoms with van der Waals surface area (Å²) in [4.78, 5) is 37.9. The van der Waals surface area contributed by atoms with E-state index >= 15 is 0 Å². The SMILES string of the molecule is O=C(CCS[C@@H]1CC(=O)N(c2ccccc2)C1=O)Nc1ccc(Cl)cc1. The van der Waals surface area contributed by atoms with E-state index in [9.17, 15) is 14.4 Å². The van der Waals surface area contributed by atoms with Crippen LogP contribution in [0.2, 0.25) is 5.02 Å². The largest absolute Gasteiger partial charge is 0.326 e. The summed E-state index contributed by atoms with van der Waals surface area (Å²) in [6, 6.07) is 15.7. The Balaban J connectivity index is 1.49. The molecule has 0 radical (unpaired) electrons. The van der Waals surface area contributed by atoms with Gasteiger partial charge in [0.1, 0.15) is 0 Å². The highest BCUT2D eigenvalue weighted by molar-refractivity contribution is 8.00. The molecule has 1 saturated heterocycles. The lowest BCUT2D eigenvalue weighted by molar-refractivity contribution is -0.121. The Morgan fingerprint density at radius 3 is 2.50 bits per heavy atom. The molecule has 1 aliphatic heterocycles. The molecule has 7 heteroatoms. The molecule has 26 heavy (non-hydrogen) atoms. The maximum absolute atomic E-state index is 12.5. The van der Waals surface area contributed by atoms with Gasteiger partial charge in [-0.15, -0.1) is 11.8 Å². The van der Waals surface area contributed by atoms with E-state index in [0.717, 1.165) is 0 Å². The number of para-hydroxylation sites is 1. The summed E-state index contributed by atoms with van der Waals surface area (Å²) in [5, 5.41) is 2.94. The second-order valence-corrected chi connectivity index (χ2v) is 7.52. The molecular weight excluding hydrogens is 372 g/mol. The van der Waals surface area contributed by atoms with Gasteiger partial charge in [0.05, 0.1) is 10.9 Å². The molecule has 0 bridgehead atoms. The summed E-state index contributed by atoms with van der Waals surface area (Å²) >= 11 is 7.15. The van der Waals surface area contributed by atoms with Crippen LogP contribution in [0.5, 0.6) is 0 Å². The predicted octanol–water partition coefficient (Wildman–Crippen LogP) is 3.73. The number of halogens is 1. The molecule has 1 aliphatic rings. The first-order valence-electron chi connectivity index (χ1n) is 8.13. The highest BCUT2D eigenvalue weighted by atomic mass is 35.5. The zero-order chi connectivity index (χ0) is 18.5. The molecule has 2 aromatic carbocycles. The van der Waals surface area contributed by atoms with E-state index in [2.05, 4.69) is 5.32 Å². The van der Waals surface area contributed by atoms with Gasteiger partial charge in [-0.3, -0.25) is 14.4 Å². The van der Waals surface area contributed by atoms with Crippen LogP contribution in [0.25, 0.3) is 0 Å². The zero-order valence-electron chi connectivity index (χ0n) is 13.9. The highest BCUT2D eigenvalue weighted by Gasteiger charge is 2.39. The second-order valence-electron chi connectivity index (χ2n) is 5.77. The number of carbonyl (C=O) groups excluding carboxylic acids is 3. The summed E-state index contributed by atoms with van der Waals surface area (Å²) in [5.74, 6) is -0.101. The summed E-state index contributed by atoms with van der Waals surface area (Å²) in [6.07, 6.45) is 0.424. The van der Waals surface area contributed by atoms with Crippen LogP contribution in [0.15, 0.2) is 54.6 Å². The van der Waals surface area contributed by atoms with E-state index in [4.69, 9.17) is 11.6 Å². The number of carbonyl (C=O) groups is 3. The Hall–Kier alpha value is -2.31. The van der Waals surface area contributed by atoms with E-state index < -0.39 is 5.25 Å². The number of imide groups is 1. The van der Waals surface area contributed by atoms with Gasteiger partial charge in [0.25, 0.3) is 0 Å². The quantitative estimate of drug-likeness (QED) is 0.765. The van der Waals surface area contributed by atoms with Gasteiger partial charge in [0.2, 0.25) is 17.7 Å². The van der Waals surface area contributed by atoms with E-state index in [-0.39, 0.29) is 30.6 Å². The number of benzene rings is 2. The third kappa shape index (κ3) is 4.45. The van der Waals surface area contributed by atoms with E-state index in [1.54, 1.807) is 48.5 Å². The number of amides is 3. The molecular formula is C19H17ClN2O3S. The molecule has 134 valence electrons. The molecule has 3 amide bonds. The third-order valence-corrected chi connectivity index (χ3v) is 5.36. The van der Waals surface area contributed by atoms with Crippen molar-refractivity contribution in [2.75, 3.05) is 16.0 Å². The summed E-state index contributed by atoms with van der Waals surface area (Å²) < 4.78 is 0. The average Bonchev–Trinajstić information content (AvgIpc) is 2.91. The van der Waals surface area contributed by atoms with Gasteiger partial charge < -0.3 is 5.32 Å². The monoisotopic (exact) mass is 388 g/mol. The molecule has 1 atom stereocenters.